The molecule has 0 heterocycles. The highest BCUT2D eigenvalue weighted by molar-refractivity contribution is 8.13. The van der Waals surface area contributed by atoms with E-state index in [-0.39, 0.29) is 10.8 Å². The summed E-state index contributed by atoms with van der Waals surface area (Å²) in [6, 6.07) is 6.16. The first-order valence-corrected chi connectivity index (χ1v) is 8.10. The van der Waals surface area contributed by atoms with Gasteiger partial charge in [0.2, 0.25) is 0 Å². The molecular formula is C12H14ClNO3S. The number of halogens is 1. The lowest BCUT2D eigenvalue weighted by atomic mass is 10.2. The number of hydrogen-bond donors (Lipinski definition) is 0. The van der Waals surface area contributed by atoms with Crippen molar-refractivity contribution in [2.45, 2.75) is 30.7 Å². The quantitative estimate of drug-likeness (QED) is 0.798. The minimum Gasteiger partial charge on any atom is -0.336 e. The molecule has 1 aromatic rings. The summed E-state index contributed by atoms with van der Waals surface area (Å²) in [7, 11) is 1.48. The van der Waals surface area contributed by atoms with E-state index >= 15 is 0 Å². The van der Waals surface area contributed by atoms with Crippen LogP contribution in [-0.2, 0) is 9.05 Å². The molecule has 0 radical (unpaired) electrons. The van der Waals surface area contributed by atoms with Crippen molar-refractivity contribution in [3.05, 3.63) is 29.8 Å². The maximum atomic E-state index is 12.2. The van der Waals surface area contributed by atoms with Gasteiger partial charge in [0, 0.05) is 28.8 Å². The second-order valence-corrected chi connectivity index (χ2v) is 6.85. The molecule has 1 saturated carbocycles. The van der Waals surface area contributed by atoms with Crippen LogP contribution in [-0.4, -0.2) is 31.8 Å². The molecule has 1 aliphatic carbocycles. The number of nitrogens with zero attached hydrogens (tertiary/aromatic N) is 1. The third-order valence-electron chi connectivity index (χ3n) is 2.95. The van der Waals surface area contributed by atoms with Gasteiger partial charge < -0.3 is 4.90 Å². The van der Waals surface area contributed by atoms with Crippen LogP contribution in [0.15, 0.2) is 29.2 Å². The van der Waals surface area contributed by atoms with Gasteiger partial charge in [-0.3, -0.25) is 4.79 Å². The van der Waals surface area contributed by atoms with Crippen molar-refractivity contribution in [3.8, 4) is 0 Å². The minimum absolute atomic E-state index is 0.0399. The van der Waals surface area contributed by atoms with E-state index in [9.17, 15) is 13.2 Å². The van der Waals surface area contributed by atoms with Crippen molar-refractivity contribution >= 4 is 25.6 Å². The lowest BCUT2D eigenvalue weighted by Gasteiger charge is -2.20. The smallest absolute Gasteiger partial charge is 0.261 e. The average Bonchev–Trinajstić information content (AvgIpc) is 3.13. The summed E-state index contributed by atoms with van der Waals surface area (Å²) in [5.74, 6) is -0.137. The van der Waals surface area contributed by atoms with Crippen LogP contribution in [0.1, 0.15) is 30.1 Å². The molecule has 6 heteroatoms. The van der Waals surface area contributed by atoms with E-state index in [0.29, 0.717) is 18.2 Å². The molecule has 0 saturated heterocycles. The predicted molar refractivity (Wildman–Crippen MR) is 69.2 cm³/mol. The molecule has 1 aromatic carbocycles. The standard InChI is InChI=1S/C12H14ClNO3S/c1-2-14(10-6-7-10)12(15)9-4-3-5-11(8-9)18(13,16)17/h3-5,8,10H,2,6-7H2,1H3. The molecule has 98 valence electrons. The van der Waals surface area contributed by atoms with Gasteiger partial charge in [-0.2, -0.15) is 0 Å². The monoisotopic (exact) mass is 287 g/mol. The van der Waals surface area contributed by atoms with Gasteiger partial charge in [0.05, 0.1) is 4.90 Å². The maximum Gasteiger partial charge on any atom is 0.261 e. The van der Waals surface area contributed by atoms with E-state index in [1.807, 2.05) is 6.92 Å². The number of amides is 1. The molecule has 2 rings (SSSR count). The molecule has 0 aromatic heterocycles. The Kier molecular flexibility index (Phi) is 3.64. The van der Waals surface area contributed by atoms with Gasteiger partial charge >= 0.3 is 0 Å². The van der Waals surface area contributed by atoms with Crippen LogP contribution in [0.5, 0.6) is 0 Å². The van der Waals surface area contributed by atoms with Gasteiger partial charge in [-0.05, 0) is 38.0 Å². The zero-order valence-electron chi connectivity index (χ0n) is 9.97. The number of carbonyl (C=O) groups is 1. The van der Waals surface area contributed by atoms with Gasteiger partial charge in [0.1, 0.15) is 0 Å². The Bertz CT molecular complexity index is 566. The Morgan fingerprint density at radius 1 is 1.44 bits per heavy atom. The second-order valence-electron chi connectivity index (χ2n) is 4.29. The summed E-state index contributed by atoms with van der Waals surface area (Å²) in [5.41, 5.74) is 0.366. The zero-order chi connectivity index (χ0) is 13.3. The van der Waals surface area contributed by atoms with Gasteiger partial charge in [0.15, 0.2) is 0 Å². The highest BCUT2D eigenvalue weighted by Crippen LogP contribution is 2.28. The Morgan fingerprint density at radius 2 is 2.11 bits per heavy atom. The van der Waals surface area contributed by atoms with E-state index < -0.39 is 9.05 Å². The largest absolute Gasteiger partial charge is 0.336 e. The number of benzene rings is 1. The summed E-state index contributed by atoms with van der Waals surface area (Å²) in [6.07, 6.45) is 2.04. The maximum absolute atomic E-state index is 12.2. The molecule has 0 atom stereocenters. The van der Waals surface area contributed by atoms with Crippen LogP contribution < -0.4 is 0 Å². The molecule has 1 amide bonds. The topological polar surface area (TPSA) is 54.5 Å². The van der Waals surface area contributed by atoms with Crippen LogP contribution in [0.2, 0.25) is 0 Å². The number of rotatable bonds is 4. The van der Waals surface area contributed by atoms with Gasteiger partial charge in [-0.25, -0.2) is 8.42 Å². The van der Waals surface area contributed by atoms with E-state index in [1.54, 1.807) is 11.0 Å². The Labute approximate surface area is 111 Å². The normalized spacial score (nSPS) is 15.4. The molecule has 18 heavy (non-hydrogen) atoms. The predicted octanol–water partition coefficient (Wildman–Crippen LogP) is 2.24. The lowest BCUT2D eigenvalue weighted by molar-refractivity contribution is 0.0752. The second kappa shape index (κ2) is 4.90. The number of carbonyl (C=O) groups excluding carboxylic acids is 1. The highest BCUT2D eigenvalue weighted by Gasteiger charge is 2.32. The molecule has 0 aliphatic heterocycles. The van der Waals surface area contributed by atoms with Crippen LogP contribution >= 0.6 is 10.7 Å². The Balaban J connectivity index is 2.30. The molecule has 0 spiro atoms. The zero-order valence-corrected chi connectivity index (χ0v) is 11.5. The fourth-order valence-electron chi connectivity index (χ4n) is 1.90. The van der Waals surface area contributed by atoms with Crippen LogP contribution in [0.3, 0.4) is 0 Å². The highest BCUT2D eigenvalue weighted by atomic mass is 35.7. The summed E-state index contributed by atoms with van der Waals surface area (Å²) >= 11 is 0. The Morgan fingerprint density at radius 3 is 2.61 bits per heavy atom. The van der Waals surface area contributed by atoms with Crippen LogP contribution in [0.25, 0.3) is 0 Å². The Hall–Kier alpha value is -1.07. The molecule has 1 aliphatic rings. The fraction of sp³-hybridized carbons (Fsp3) is 0.417. The van der Waals surface area contributed by atoms with Crippen LogP contribution in [0, 0.1) is 0 Å². The van der Waals surface area contributed by atoms with Crippen molar-refractivity contribution in [1.29, 1.82) is 0 Å². The molecular weight excluding hydrogens is 274 g/mol. The van der Waals surface area contributed by atoms with Gasteiger partial charge in [-0.1, -0.05) is 6.07 Å². The van der Waals surface area contributed by atoms with Crippen molar-refractivity contribution < 1.29 is 13.2 Å². The first-order chi connectivity index (χ1) is 8.43. The number of hydrogen-bond acceptors (Lipinski definition) is 3. The summed E-state index contributed by atoms with van der Waals surface area (Å²) in [6.45, 7) is 2.54. The third kappa shape index (κ3) is 2.84. The average molecular weight is 288 g/mol. The summed E-state index contributed by atoms with van der Waals surface area (Å²) in [5, 5.41) is 0. The lowest BCUT2D eigenvalue weighted by Crippen LogP contribution is -2.32. The van der Waals surface area contributed by atoms with E-state index in [4.69, 9.17) is 10.7 Å². The van der Waals surface area contributed by atoms with E-state index in [1.165, 1.54) is 18.2 Å². The minimum atomic E-state index is -3.79. The van der Waals surface area contributed by atoms with Crippen molar-refractivity contribution in [3.63, 3.8) is 0 Å². The summed E-state index contributed by atoms with van der Waals surface area (Å²) in [4.78, 5) is 13.9. The molecule has 0 unspecified atom stereocenters. The van der Waals surface area contributed by atoms with Crippen molar-refractivity contribution in [1.82, 2.24) is 4.90 Å². The third-order valence-corrected chi connectivity index (χ3v) is 4.30. The summed E-state index contributed by atoms with van der Waals surface area (Å²) < 4.78 is 22.5. The van der Waals surface area contributed by atoms with E-state index in [2.05, 4.69) is 0 Å². The van der Waals surface area contributed by atoms with Crippen molar-refractivity contribution in [2.24, 2.45) is 0 Å². The molecule has 1 fully saturated rings. The SMILES string of the molecule is CCN(C(=O)c1cccc(S(=O)(=O)Cl)c1)C1CC1. The fourth-order valence-corrected chi connectivity index (χ4v) is 2.70. The molecule has 0 bridgehead atoms. The first kappa shape index (κ1) is 13.4. The first-order valence-electron chi connectivity index (χ1n) is 5.79. The van der Waals surface area contributed by atoms with E-state index in [0.717, 1.165) is 12.8 Å². The molecule has 0 N–H and O–H groups in total. The van der Waals surface area contributed by atoms with Crippen molar-refractivity contribution in [2.75, 3.05) is 6.54 Å². The van der Waals surface area contributed by atoms with Gasteiger partial charge in [0.25, 0.3) is 15.0 Å². The van der Waals surface area contributed by atoms with Crippen LogP contribution in [0.4, 0.5) is 0 Å². The molecule has 4 nitrogen and oxygen atoms in total. The van der Waals surface area contributed by atoms with Gasteiger partial charge in [-0.15, -0.1) is 0 Å².